The number of aromatic carboxylic acids is 1. The summed E-state index contributed by atoms with van der Waals surface area (Å²) in [6.45, 7) is 5.50. The Labute approximate surface area is 148 Å². The molecular weight excluding hydrogens is 314 g/mol. The number of carbonyl (C=O) groups excluding carboxylic acids is 1. The van der Waals surface area contributed by atoms with E-state index in [0.29, 0.717) is 11.5 Å². The molecule has 0 bridgehead atoms. The number of amides is 1. The first-order chi connectivity index (χ1) is 11.9. The standard InChI is InChI=1S/C21H23NO3/c1-14-8-15(2)10-19(9-14)20(23)22-7-6-17(13-22)11-16-4-3-5-18(12-16)21(24)25/h3-5,8-10,12,17H,6-7,11,13H2,1-2H3,(H,24,25). The van der Waals surface area contributed by atoms with Gasteiger partial charge in [0.2, 0.25) is 0 Å². The van der Waals surface area contributed by atoms with Gasteiger partial charge in [-0.2, -0.15) is 0 Å². The van der Waals surface area contributed by atoms with Crippen molar-refractivity contribution in [3.8, 4) is 0 Å². The smallest absolute Gasteiger partial charge is 0.335 e. The average molecular weight is 337 g/mol. The lowest BCUT2D eigenvalue weighted by atomic mass is 9.97. The minimum absolute atomic E-state index is 0.0913. The summed E-state index contributed by atoms with van der Waals surface area (Å²) in [4.78, 5) is 25.7. The fourth-order valence-electron chi connectivity index (χ4n) is 3.63. The van der Waals surface area contributed by atoms with Gasteiger partial charge in [0.25, 0.3) is 5.91 Å². The van der Waals surface area contributed by atoms with Crippen LogP contribution >= 0.6 is 0 Å². The van der Waals surface area contributed by atoms with Crippen molar-refractivity contribution in [1.82, 2.24) is 4.90 Å². The van der Waals surface area contributed by atoms with Crippen LogP contribution in [0.5, 0.6) is 0 Å². The predicted octanol–water partition coefficient (Wildman–Crippen LogP) is 3.71. The lowest BCUT2D eigenvalue weighted by molar-refractivity contribution is 0.0696. The van der Waals surface area contributed by atoms with Crippen LogP contribution in [0.1, 0.15) is 43.8 Å². The fourth-order valence-corrected chi connectivity index (χ4v) is 3.63. The average Bonchev–Trinajstić information content (AvgIpc) is 3.02. The Morgan fingerprint density at radius 3 is 2.48 bits per heavy atom. The number of hydrogen-bond acceptors (Lipinski definition) is 2. The molecule has 1 fully saturated rings. The first kappa shape index (κ1) is 17.2. The summed E-state index contributed by atoms with van der Waals surface area (Å²) in [6.07, 6.45) is 1.76. The van der Waals surface area contributed by atoms with Crippen molar-refractivity contribution in [1.29, 1.82) is 0 Å². The molecular formula is C21H23NO3. The van der Waals surface area contributed by atoms with Gasteiger partial charge in [0.05, 0.1) is 5.56 Å². The SMILES string of the molecule is Cc1cc(C)cc(C(=O)N2CCC(Cc3cccc(C(=O)O)c3)C2)c1. The number of carbonyl (C=O) groups is 2. The summed E-state index contributed by atoms with van der Waals surface area (Å²) < 4.78 is 0. The molecule has 130 valence electrons. The molecule has 1 aliphatic heterocycles. The molecule has 0 aromatic heterocycles. The number of nitrogens with zero attached hydrogens (tertiary/aromatic N) is 1. The Morgan fingerprint density at radius 1 is 1.08 bits per heavy atom. The first-order valence-electron chi connectivity index (χ1n) is 8.62. The van der Waals surface area contributed by atoms with Crippen molar-refractivity contribution in [2.45, 2.75) is 26.7 Å². The molecule has 2 aromatic rings. The molecule has 0 spiro atoms. The zero-order valence-electron chi connectivity index (χ0n) is 14.7. The van der Waals surface area contributed by atoms with Gasteiger partial charge < -0.3 is 10.0 Å². The van der Waals surface area contributed by atoms with Crippen molar-refractivity contribution in [2.24, 2.45) is 5.92 Å². The number of benzene rings is 2. The Morgan fingerprint density at radius 2 is 1.80 bits per heavy atom. The van der Waals surface area contributed by atoms with Gasteiger partial charge in [-0.1, -0.05) is 29.3 Å². The van der Waals surface area contributed by atoms with Crippen LogP contribution in [0.2, 0.25) is 0 Å². The van der Waals surface area contributed by atoms with Crippen molar-refractivity contribution < 1.29 is 14.7 Å². The molecule has 1 atom stereocenters. The Balaban J connectivity index is 1.66. The van der Waals surface area contributed by atoms with E-state index in [-0.39, 0.29) is 5.91 Å². The van der Waals surface area contributed by atoms with Crippen molar-refractivity contribution in [3.63, 3.8) is 0 Å². The molecule has 3 rings (SSSR count). The number of aryl methyl sites for hydroxylation is 2. The van der Waals surface area contributed by atoms with Gasteiger partial charge in [0.1, 0.15) is 0 Å². The highest BCUT2D eigenvalue weighted by molar-refractivity contribution is 5.94. The minimum atomic E-state index is -0.903. The van der Waals surface area contributed by atoms with E-state index in [2.05, 4.69) is 6.07 Å². The van der Waals surface area contributed by atoms with Crippen LogP contribution in [0.25, 0.3) is 0 Å². The minimum Gasteiger partial charge on any atom is -0.478 e. The molecule has 2 aromatic carbocycles. The molecule has 0 saturated carbocycles. The Bertz CT molecular complexity index is 792. The normalized spacial score (nSPS) is 16.9. The van der Waals surface area contributed by atoms with Gasteiger partial charge in [0.15, 0.2) is 0 Å². The molecule has 1 aliphatic rings. The molecule has 0 radical (unpaired) electrons. The highest BCUT2D eigenvalue weighted by Crippen LogP contribution is 2.23. The predicted molar refractivity (Wildman–Crippen MR) is 97.0 cm³/mol. The van der Waals surface area contributed by atoms with E-state index in [1.165, 1.54) is 0 Å². The highest BCUT2D eigenvalue weighted by atomic mass is 16.4. The van der Waals surface area contributed by atoms with Crippen molar-refractivity contribution >= 4 is 11.9 Å². The third-order valence-corrected chi connectivity index (χ3v) is 4.74. The molecule has 4 heteroatoms. The van der Waals surface area contributed by atoms with Crippen molar-refractivity contribution in [2.75, 3.05) is 13.1 Å². The number of rotatable bonds is 4. The van der Waals surface area contributed by atoms with Crippen LogP contribution in [0.4, 0.5) is 0 Å². The molecule has 1 N–H and O–H groups in total. The molecule has 25 heavy (non-hydrogen) atoms. The van der Waals surface area contributed by atoms with E-state index in [1.54, 1.807) is 18.2 Å². The van der Waals surface area contributed by atoms with Crippen LogP contribution in [0, 0.1) is 19.8 Å². The second-order valence-corrected chi connectivity index (χ2v) is 6.99. The lowest BCUT2D eigenvalue weighted by Crippen LogP contribution is -2.29. The van der Waals surface area contributed by atoms with Gasteiger partial charge in [-0.25, -0.2) is 4.79 Å². The first-order valence-corrected chi connectivity index (χ1v) is 8.62. The topological polar surface area (TPSA) is 57.6 Å². The molecule has 0 aliphatic carbocycles. The molecule has 1 unspecified atom stereocenters. The molecule has 1 saturated heterocycles. The fraction of sp³-hybridized carbons (Fsp3) is 0.333. The second-order valence-electron chi connectivity index (χ2n) is 6.99. The van der Waals surface area contributed by atoms with Gasteiger partial charge in [0, 0.05) is 18.7 Å². The van der Waals surface area contributed by atoms with Gasteiger partial charge in [-0.3, -0.25) is 4.79 Å². The van der Waals surface area contributed by atoms with Gasteiger partial charge >= 0.3 is 5.97 Å². The number of carboxylic acid groups (broad SMARTS) is 1. The van der Waals surface area contributed by atoms with E-state index in [0.717, 1.165) is 48.2 Å². The third-order valence-electron chi connectivity index (χ3n) is 4.74. The number of likely N-dealkylation sites (tertiary alicyclic amines) is 1. The van der Waals surface area contributed by atoms with E-state index < -0.39 is 5.97 Å². The summed E-state index contributed by atoms with van der Waals surface area (Å²) in [6, 6.07) is 13.0. The molecule has 1 amide bonds. The highest BCUT2D eigenvalue weighted by Gasteiger charge is 2.27. The summed E-state index contributed by atoms with van der Waals surface area (Å²) in [5, 5.41) is 9.10. The summed E-state index contributed by atoms with van der Waals surface area (Å²) in [5.41, 5.74) is 4.30. The maximum Gasteiger partial charge on any atom is 0.335 e. The zero-order valence-corrected chi connectivity index (χ0v) is 14.7. The van der Waals surface area contributed by atoms with Crippen LogP contribution < -0.4 is 0 Å². The van der Waals surface area contributed by atoms with Crippen LogP contribution in [-0.4, -0.2) is 35.0 Å². The quantitative estimate of drug-likeness (QED) is 0.925. The second kappa shape index (κ2) is 7.09. The number of carboxylic acids is 1. The van der Waals surface area contributed by atoms with E-state index >= 15 is 0 Å². The van der Waals surface area contributed by atoms with Crippen LogP contribution in [0.3, 0.4) is 0 Å². The maximum absolute atomic E-state index is 12.7. The van der Waals surface area contributed by atoms with E-state index in [9.17, 15) is 9.59 Å². The van der Waals surface area contributed by atoms with E-state index in [1.807, 2.05) is 36.9 Å². The maximum atomic E-state index is 12.7. The van der Waals surface area contributed by atoms with Gasteiger partial charge in [-0.15, -0.1) is 0 Å². The largest absolute Gasteiger partial charge is 0.478 e. The summed E-state index contributed by atoms with van der Waals surface area (Å²) >= 11 is 0. The molecule has 1 heterocycles. The van der Waals surface area contributed by atoms with Gasteiger partial charge in [-0.05, 0) is 62.4 Å². The lowest BCUT2D eigenvalue weighted by Gasteiger charge is -2.17. The third kappa shape index (κ3) is 4.08. The van der Waals surface area contributed by atoms with E-state index in [4.69, 9.17) is 5.11 Å². The van der Waals surface area contributed by atoms with Crippen LogP contribution in [0.15, 0.2) is 42.5 Å². The number of hydrogen-bond donors (Lipinski definition) is 1. The summed E-state index contributed by atoms with van der Waals surface area (Å²) in [7, 11) is 0. The van der Waals surface area contributed by atoms with Crippen molar-refractivity contribution in [3.05, 3.63) is 70.3 Å². The van der Waals surface area contributed by atoms with Crippen LogP contribution in [-0.2, 0) is 6.42 Å². The molecule has 4 nitrogen and oxygen atoms in total. The monoisotopic (exact) mass is 337 g/mol. The summed E-state index contributed by atoms with van der Waals surface area (Å²) in [5.74, 6) is -0.438. The zero-order chi connectivity index (χ0) is 18.0. The Hall–Kier alpha value is -2.62. The Kier molecular flexibility index (Phi) is 4.88.